The van der Waals surface area contributed by atoms with Crippen LogP contribution < -0.4 is 11.1 Å². The minimum absolute atomic E-state index is 0. The summed E-state index contributed by atoms with van der Waals surface area (Å²) >= 11 is 3.52. The fraction of sp³-hybridized carbons (Fsp3) is 0.647. The molecule has 1 aromatic rings. The minimum atomic E-state index is -0.0691. The molecule has 2 aliphatic rings. The third kappa shape index (κ3) is 4.90. The highest BCUT2D eigenvalue weighted by Crippen LogP contribution is 2.41. The fourth-order valence-corrected chi connectivity index (χ4v) is 5.82. The summed E-state index contributed by atoms with van der Waals surface area (Å²) in [6, 6.07) is 2.22. The highest BCUT2D eigenvalue weighted by Gasteiger charge is 2.35. The smallest absolute Gasteiger partial charge is 0.240 e. The van der Waals surface area contributed by atoms with E-state index >= 15 is 0 Å². The average molecular weight is 404 g/mol. The van der Waals surface area contributed by atoms with Crippen LogP contribution in [-0.2, 0) is 16.0 Å². The Morgan fingerprint density at radius 3 is 3.00 bits per heavy atom. The molecule has 8 heteroatoms. The van der Waals surface area contributed by atoms with Gasteiger partial charge in [0, 0.05) is 37.0 Å². The number of aryl methyl sites for hydroxylation is 1. The van der Waals surface area contributed by atoms with Crippen molar-refractivity contribution in [1.29, 1.82) is 0 Å². The SMILES string of the molecule is Cl.NCCC(=O)NCC1CCCCN1C(=O)C1SCCc2sccc21. The highest BCUT2D eigenvalue weighted by molar-refractivity contribution is 8.00. The molecule has 0 radical (unpaired) electrons. The van der Waals surface area contributed by atoms with Gasteiger partial charge in [0.15, 0.2) is 0 Å². The molecule has 0 aromatic carbocycles. The Balaban J connectivity index is 0.00000225. The molecular formula is C17H26ClN3O2S2. The summed E-state index contributed by atoms with van der Waals surface area (Å²) in [5, 5.41) is 4.96. The number of rotatable bonds is 5. The van der Waals surface area contributed by atoms with Crippen molar-refractivity contribution in [3.05, 3.63) is 21.9 Å². The summed E-state index contributed by atoms with van der Waals surface area (Å²) in [5.41, 5.74) is 6.63. The van der Waals surface area contributed by atoms with Crippen LogP contribution in [0.2, 0.25) is 0 Å². The zero-order valence-electron chi connectivity index (χ0n) is 14.2. The van der Waals surface area contributed by atoms with Gasteiger partial charge in [-0.3, -0.25) is 9.59 Å². The van der Waals surface area contributed by atoms with Gasteiger partial charge in [-0.15, -0.1) is 35.5 Å². The van der Waals surface area contributed by atoms with Gasteiger partial charge in [-0.2, -0.15) is 0 Å². The maximum Gasteiger partial charge on any atom is 0.240 e. The number of carbonyl (C=O) groups excluding carboxylic acids is 2. The zero-order valence-corrected chi connectivity index (χ0v) is 16.7. The first-order valence-electron chi connectivity index (χ1n) is 8.66. The topological polar surface area (TPSA) is 75.4 Å². The van der Waals surface area contributed by atoms with Gasteiger partial charge in [0.05, 0.1) is 0 Å². The van der Waals surface area contributed by atoms with E-state index in [9.17, 15) is 9.59 Å². The second-order valence-corrected chi connectivity index (χ2v) is 8.54. The number of nitrogens with two attached hydrogens (primary N) is 1. The van der Waals surface area contributed by atoms with Gasteiger partial charge in [-0.25, -0.2) is 0 Å². The number of carbonyl (C=O) groups is 2. The van der Waals surface area contributed by atoms with Gasteiger partial charge in [0.2, 0.25) is 11.8 Å². The largest absolute Gasteiger partial charge is 0.354 e. The summed E-state index contributed by atoms with van der Waals surface area (Å²) in [6.45, 7) is 1.70. The van der Waals surface area contributed by atoms with E-state index in [4.69, 9.17) is 5.73 Å². The van der Waals surface area contributed by atoms with Crippen molar-refractivity contribution in [2.45, 2.75) is 43.4 Å². The van der Waals surface area contributed by atoms with Gasteiger partial charge in [-0.1, -0.05) is 0 Å². The molecule has 2 aliphatic heterocycles. The van der Waals surface area contributed by atoms with Crippen LogP contribution in [0, 0.1) is 0 Å². The molecule has 0 spiro atoms. The van der Waals surface area contributed by atoms with Crippen molar-refractivity contribution in [2.75, 3.05) is 25.4 Å². The number of nitrogens with one attached hydrogen (secondary N) is 1. The Hall–Kier alpha value is -0.760. The van der Waals surface area contributed by atoms with E-state index in [1.54, 1.807) is 23.1 Å². The molecule has 3 rings (SSSR count). The third-order valence-corrected chi connectivity index (χ3v) is 6.94. The predicted molar refractivity (Wildman–Crippen MR) is 107 cm³/mol. The Morgan fingerprint density at radius 2 is 2.20 bits per heavy atom. The Morgan fingerprint density at radius 1 is 1.36 bits per heavy atom. The van der Waals surface area contributed by atoms with Crippen LogP contribution in [-0.4, -0.2) is 48.1 Å². The lowest BCUT2D eigenvalue weighted by Crippen LogP contribution is -2.50. The van der Waals surface area contributed by atoms with Crippen molar-refractivity contribution < 1.29 is 9.59 Å². The van der Waals surface area contributed by atoms with Crippen molar-refractivity contribution >= 4 is 47.3 Å². The Labute approximate surface area is 163 Å². The molecule has 2 amide bonds. The number of hydrogen-bond donors (Lipinski definition) is 2. The van der Waals surface area contributed by atoms with Gasteiger partial charge in [-0.05, 0) is 48.4 Å². The van der Waals surface area contributed by atoms with E-state index in [0.29, 0.717) is 19.5 Å². The molecule has 0 bridgehead atoms. The van der Waals surface area contributed by atoms with E-state index < -0.39 is 0 Å². The quantitative estimate of drug-likeness (QED) is 0.791. The number of hydrogen-bond acceptors (Lipinski definition) is 5. The molecule has 3 heterocycles. The first-order valence-corrected chi connectivity index (χ1v) is 10.6. The maximum atomic E-state index is 13.2. The summed E-state index contributed by atoms with van der Waals surface area (Å²) in [6.07, 6.45) is 4.54. The van der Waals surface area contributed by atoms with Crippen LogP contribution in [0.25, 0.3) is 0 Å². The predicted octanol–water partition coefficient (Wildman–Crippen LogP) is 2.35. The van der Waals surface area contributed by atoms with Gasteiger partial charge in [0.1, 0.15) is 5.25 Å². The number of likely N-dealkylation sites (tertiary alicyclic amines) is 1. The molecule has 1 fully saturated rings. The molecular weight excluding hydrogens is 378 g/mol. The van der Waals surface area contributed by atoms with Crippen molar-refractivity contribution in [3.8, 4) is 0 Å². The molecule has 0 aliphatic carbocycles. The zero-order chi connectivity index (χ0) is 16.9. The standard InChI is InChI=1S/C17H25N3O2S2.ClH/c18-7-4-15(21)19-11-12-3-1-2-8-20(12)17(22)16-13-5-9-23-14(13)6-10-24-16;/h5,9,12,16H,1-4,6-8,10-11,18H2,(H,19,21);1H. The normalized spacial score (nSPS) is 22.7. The lowest BCUT2D eigenvalue weighted by atomic mass is 10.00. The molecule has 5 nitrogen and oxygen atoms in total. The van der Waals surface area contributed by atoms with Crippen LogP contribution in [0.3, 0.4) is 0 Å². The summed E-state index contributed by atoms with van der Waals surface area (Å²) in [5.74, 6) is 1.20. The van der Waals surface area contributed by atoms with E-state index in [1.807, 2.05) is 4.90 Å². The number of amides is 2. The number of nitrogens with zero attached hydrogens (tertiary/aromatic N) is 1. The number of halogens is 1. The molecule has 140 valence electrons. The van der Waals surface area contributed by atoms with Gasteiger partial charge in [0.25, 0.3) is 0 Å². The third-order valence-electron chi connectivity index (χ3n) is 4.72. The Bertz CT molecular complexity index is 596. The van der Waals surface area contributed by atoms with E-state index in [-0.39, 0.29) is 35.5 Å². The van der Waals surface area contributed by atoms with Crippen LogP contribution in [0.1, 0.15) is 41.4 Å². The molecule has 2 unspecified atom stereocenters. The molecule has 1 saturated heterocycles. The van der Waals surface area contributed by atoms with E-state index in [0.717, 1.165) is 38.0 Å². The van der Waals surface area contributed by atoms with Gasteiger partial charge < -0.3 is 16.0 Å². The number of piperidine rings is 1. The van der Waals surface area contributed by atoms with E-state index in [2.05, 4.69) is 16.8 Å². The first kappa shape index (κ1) is 20.6. The fourth-order valence-electron chi connectivity index (χ4n) is 3.46. The van der Waals surface area contributed by atoms with Crippen molar-refractivity contribution in [1.82, 2.24) is 10.2 Å². The molecule has 0 saturated carbocycles. The first-order chi connectivity index (χ1) is 11.7. The van der Waals surface area contributed by atoms with Crippen LogP contribution in [0.5, 0.6) is 0 Å². The van der Waals surface area contributed by atoms with Crippen LogP contribution in [0.15, 0.2) is 11.4 Å². The lowest BCUT2D eigenvalue weighted by Gasteiger charge is -2.38. The number of fused-ring (bicyclic) bond motifs is 1. The number of thioether (sulfide) groups is 1. The monoisotopic (exact) mass is 403 g/mol. The average Bonchev–Trinajstić information content (AvgIpc) is 3.08. The summed E-state index contributed by atoms with van der Waals surface area (Å²) in [4.78, 5) is 28.2. The highest BCUT2D eigenvalue weighted by atomic mass is 35.5. The minimum Gasteiger partial charge on any atom is -0.354 e. The summed E-state index contributed by atoms with van der Waals surface area (Å²) in [7, 11) is 0. The molecule has 3 N–H and O–H groups in total. The van der Waals surface area contributed by atoms with E-state index in [1.165, 1.54) is 10.4 Å². The second-order valence-electron chi connectivity index (χ2n) is 6.32. The molecule has 2 atom stereocenters. The number of thiophene rings is 1. The maximum absolute atomic E-state index is 13.2. The molecule has 1 aromatic heterocycles. The van der Waals surface area contributed by atoms with Crippen molar-refractivity contribution in [2.24, 2.45) is 5.73 Å². The van der Waals surface area contributed by atoms with Gasteiger partial charge >= 0.3 is 0 Å². The second kappa shape index (κ2) is 9.80. The summed E-state index contributed by atoms with van der Waals surface area (Å²) < 4.78 is 0. The van der Waals surface area contributed by atoms with Crippen molar-refractivity contribution in [3.63, 3.8) is 0 Å². The van der Waals surface area contributed by atoms with Crippen LogP contribution >= 0.6 is 35.5 Å². The Kier molecular flexibility index (Phi) is 8.06. The lowest BCUT2D eigenvalue weighted by molar-refractivity contribution is -0.135. The molecule has 25 heavy (non-hydrogen) atoms. The van der Waals surface area contributed by atoms with Crippen LogP contribution in [0.4, 0.5) is 0 Å².